The molecule has 1 aliphatic heterocycles. The zero-order valence-corrected chi connectivity index (χ0v) is 6.54. The number of hydrogen-bond acceptors (Lipinski definition) is 5. The lowest BCUT2D eigenvalue weighted by molar-refractivity contribution is -2.00. The van der Waals surface area contributed by atoms with Crippen LogP contribution in [0.25, 0.3) is 0 Å². The highest BCUT2D eigenvalue weighted by Gasteiger charge is 2.09. The summed E-state index contributed by atoms with van der Waals surface area (Å²) in [5.74, 6) is 0. The van der Waals surface area contributed by atoms with Gasteiger partial charge in [-0.15, -0.1) is 10.2 Å². The van der Waals surface area contributed by atoms with Gasteiger partial charge >= 0.3 is 0 Å². The maximum atomic E-state index is 8.49. The van der Waals surface area contributed by atoms with Crippen LogP contribution in [0.5, 0.6) is 0 Å². The van der Waals surface area contributed by atoms with E-state index in [1.54, 1.807) is 0 Å². The van der Waals surface area contributed by atoms with Gasteiger partial charge in [0.1, 0.15) is 0 Å². The molecule has 1 aliphatic rings. The monoisotopic (exact) mass is 185 g/mol. The van der Waals surface area contributed by atoms with Crippen LogP contribution in [0.4, 0.5) is 0 Å². The van der Waals surface area contributed by atoms with Gasteiger partial charge < -0.3 is 0 Å². The molecular formula is C4H8ClNO5. The molecule has 1 unspecified atom stereocenters. The Balaban J connectivity index is 0.000000187. The molecule has 6 nitrogen and oxygen atoms in total. The van der Waals surface area contributed by atoms with Crippen molar-refractivity contribution < 1.29 is 38.9 Å². The highest BCUT2D eigenvalue weighted by atomic mass is 35.7. The molecule has 0 aromatic carbocycles. The van der Waals surface area contributed by atoms with Gasteiger partial charge in [-0.2, -0.15) is 0 Å². The molecule has 0 aromatic heterocycles. The molecular weight excluding hydrogens is 177 g/mol. The molecule has 1 heterocycles. The highest BCUT2D eigenvalue weighted by Crippen LogP contribution is 1.88. The van der Waals surface area contributed by atoms with Crippen LogP contribution in [0.1, 0.15) is 13.3 Å². The SMILES string of the molecule is CC1CC=[NH+]O1.[O-][Cl+3]([O-])([O-])[O-]. The summed E-state index contributed by atoms with van der Waals surface area (Å²) in [5, 5.41) is 2.65. The summed E-state index contributed by atoms with van der Waals surface area (Å²) in [4.78, 5) is 4.85. The van der Waals surface area contributed by atoms with Gasteiger partial charge in [-0.1, -0.05) is 0 Å². The molecule has 1 rings (SSSR count). The predicted octanol–water partition coefficient (Wildman–Crippen LogP) is -5.89. The first-order chi connectivity index (χ1) is 4.89. The molecule has 1 atom stereocenters. The Morgan fingerprint density at radius 2 is 1.91 bits per heavy atom. The molecule has 0 radical (unpaired) electrons. The first-order valence-electron chi connectivity index (χ1n) is 2.74. The average molecular weight is 186 g/mol. The Morgan fingerprint density at radius 3 is 2.00 bits per heavy atom. The second-order valence-corrected chi connectivity index (χ2v) is 2.62. The van der Waals surface area contributed by atoms with Crippen molar-refractivity contribution in [3.05, 3.63) is 0 Å². The second-order valence-electron chi connectivity index (χ2n) is 1.86. The van der Waals surface area contributed by atoms with Crippen LogP contribution < -0.4 is 23.8 Å². The lowest BCUT2D eigenvalue weighted by Gasteiger charge is -2.17. The molecule has 0 saturated carbocycles. The van der Waals surface area contributed by atoms with Gasteiger partial charge in [-0.3, -0.25) is 4.84 Å². The minimum Gasteiger partial charge on any atom is -0.276 e. The molecule has 0 spiro atoms. The lowest BCUT2D eigenvalue weighted by Crippen LogP contribution is -2.68. The van der Waals surface area contributed by atoms with E-state index in [1.807, 2.05) is 13.1 Å². The second kappa shape index (κ2) is 4.47. The number of hydrogen-bond donors (Lipinski definition) is 1. The summed E-state index contributed by atoms with van der Waals surface area (Å²) in [6.07, 6.45) is 3.31. The predicted molar refractivity (Wildman–Crippen MR) is 22.2 cm³/mol. The fourth-order valence-electron chi connectivity index (χ4n) is 0.426. The van der Waals surface area contributed by atoms with Gasteiger partial charge in [0.2, 0.25) is 0 Å². The quantitative estimate of drug-likeness (QED) is 0.404. The van der Waals surface area contributed by atoms with Crippen molar-refractivity contribution in [1.82, 2.24) is 0 Å². The average Bonchev–Trinajstić information content (AvgIpc) is 2.12. The molecule has 0 aromatic rings. The van der Waals surface area contributed by atoms with Crippen LogP contribution in [0.2, 0.25) is 0 Å². The van der Waals surface area contributed by atoms with Crippen molar-refractivity contribution in [3.8, 4) is 0 Å². The minimum atomic E-state index is -4.94. The third-order valence-corrected chi connectivity index (χ3v) is 0.802. The first kappa shape index (κ1) is 10.6. The molecule has 66 valence electrons. The normalized spacial score (nSPS) is 22.1. The zero-order chi connectivity index (χ0) is 8.91. The fourth-order valence-corrected chi connectivity index (χ4v) is 0.426. The molecule has 0 bridgehead atoms. The molecule has 0 saturated heterocycles. The Bertz CT molecular complexity index is 119. The van der Waals surface area contributed by atoms with Crippen LogP contribution in [0, 0.1) is 10.2 Å². The van der Waals surface area contributed by atoms with Crippen LogP contribution in [-0.2, 0) is 4.84 Å². The summed E-state index contributed by atoms with van der Waals surface area (Å²) in [7, 11) is -4.94. The van der Waals surface area contributed by atoms with Crippen molar-refractivity contribution in [2.45, 2.75) is 19.4 Å². The summed E-state index contributed by atoms with van der Waals surface area (Å²) in [6, 6.07) is 0. The van der Waals surface area contributed by atoms with Gasteiger partial charge in [0.05, 0.1) is 6.42 Å². The molecule has 1 N–H and O–H groups in total. The van der Waals surface area contributed by atoms with Crippen molar-refractivity contribution in [3.63, 3.8) is 0 Å². The summed E-state index contributed by atoms with van der Waals surface area (Å²) in [5.41, 5.74) is 0. The number of halogens is 1. The van der Waals surface area contributed by atoms with E-state index < -0.39 is 10.2 Å². The van der Waals surface area contributed by atoms with Gasteiger partial charge in [0.25, 0.3) is 0 Å². The van der Waals surface area contributed by atoms with Crippen molar-refractivity contribution >= 4 is 6.21 Å². The summed E-state index contributed by atoms with van der Waals surface area (Å²) in [6.45, 7) is 2.02. The lowest BCUT2D eigenvalue weighted by atomic mass is 10.3. The Kier molecular flexibility index (Phi) is 4.31. The fraction of sp³-hybridized carbons (Fsp3) is 0.750. The van der Waals surface area contributed by atoms with Gasteiger partial charge in [0.15, 0.2) is 12.3 Å². The summed E-state index contributed by atoms with van der Waals surface area (Å²) < 4.78 is 34.0. The van der Waals surface area contributed by atoms with Gasteiger partial charge in [-0.25, -0.2) is 18.6 Å². The van der Waals surface area contributed by atoms with E-state index in [0.717, 1.165) is 6.42 Å². The van der Waals surface area contributed by atoms with E-state index in [-0.39, 0.29) is 0 Å². The van der Waals surface area contributed by atoms with E-state index in [9.17, 15) is 0 Å². The Morgan fingerprint density at radius 1 is 1.45 bits per heavy atom. The van der Waals surface area contributed by atoms with Crippen LogP contribution in [0.15, 0.2) is 0 Å². The smallest absolute Gasteiger partial charge is 0.194 e. The number of nitrogens with one attached hydrogen (secondary N) is 1. The number of rotatable bonds is 0. The van der Waals surface area contributed by atoms with Crippen molar-refractivity contribution in [2.24, 2.45) is 0 Å². The third-order valence-electron chi connectivity index (χ3n) is 0.802. The van der Waals surface area contributed by atoms with E-state index in [1.165, 1.54) is 0 Å². The topological polar surface area (TPSA) is 115 Å². The highest BCUT2D eigenvalue weighted by molar-refractivity contribution is 5.51. The van der Waals surface area contributed by atoms with E-state index in [0.29, 0.717) is 6.10 Å². The molecule has 0 fully saturated rings. The van der Waals surface area contributed by atoms with E-state index in [4.69, 9.17) is 23.5 Å². The third kappa shape index (κ3) is 12.7. The molecule has 0 aliphatic carbocycles. The van der Waals surface area contributed by atoms with Gasteiger partial charge in [0, 0.05) is 0 Å². The first-order valence-corrected chi connectivity index (χ1v) is 3.97. The van der Waals surface area contributed by atoms with E-state index >= 15 is 0 Å². The standard InChI is InChI=1S/C4H7NO.ClHO4/c1-4-2-3-5-6-4;2-1(3,4)5/h3-4H,2H2,1H3;(H,2,3,4,5). The van der Waals surface area contributed by atoms with E-state index in [2.05, 4.69) is 5.16 Å². The minimum absolute atomic E-state index is 0.380. The van der Waals surface area contributed by atoms with Crippen LogP contribution in [-0.4, -0.2) is 12.3 Å². The Hall–Kier alpha value is -0.400. The van der Waals surface area contributed by atoms with Gasteiger partial charge in [-0.05, 0) is 12.1 Å². The van der Waals surface area contributed by atoms with Crippen LogP contribution in [0.3, 0.4) is 0 Å². The maximum absolute atomic E-state index is 8.49. The largest absolute Gasteiger partial charge is 0.276 e. The molecule has 7 heteroatoms. The van der Waals surface area contributed by atoms with Crippen LogP contribution >= 0.6 is 0 Å². The van der Waals surface area contributed by atoms with Crippen molar-refractivity contribution in [1.29, 1.82) is 0 Å². The summed E-state index contributed by atoms with van der Waals surface area (Å²) >= 11 is 0. The molecule has 11 heavy (non-hydrogen) atoms. The maximum Gasteiger partial charge on any atom is 0.194 e. The molecule has 0 amide bonds. The van der Waals surface area contributed by atoms with Crippen molar-refractivity contribution in [2.75, 3.05) is 0 Å². The Labute approximate surface area is 65.4 Å². The zero-order valence-electron chi connectivity index (χ0n) is 5.78.